The number of halogens is 1. The van der Waals surface area contributed by atoms with E-state index < -0.39 is 0 Å². The van der Waals surface area contributed by atoms with Crippen LogP contribution in [0.1, 0.15) is 39.2 Å². The Morgan fingerprint density at radius 1 is 1.32 bits per heavy atom. The van der Waals surface area contributed by atoms with Crippen molar-refractivity contribution in [2.24, 2.45) is 11.7 Å². The summed E-state index contributed by atoms with van der Waals surface area (Å²) < 4.78 is 1.21. The molecule has 2 nitrogen and oxygen atoms in total. The Bertz CT molecular complexity index is 425. The number of hydrogen-bond donors (Lipinski definition) is 1. The van der Waals surface area contributed by atoms with Crippen molar-refractivity contribution in [1.82, 2.24) is 0 Å². The molecule has 0 radical (unpaired) electrons. The molecule has 0 heterocycles. The Hall–Kier alpha value is -0.540. The first-order valence-corrected chi connectivity index (χ1v) is 8.07. The Balaban J connectivity index is 2.18. The Kier molecular flexibility index (Phi) is 4.91. The number of hydrogen-bond acceptors (Lipinski definition) is 2. The van der Waals surface area contributed by atoms with Gasteiger partial charge in [-0.15, -0.1) is 0 Å². The van der Waals surface area contributed by atoms with Crippen molar-refractivity contribution in [3.8, 4) is 0 Å². The lowest BCUT2D eigenvalue weighted by Crippen LogP contribution is -2.30. The van der Waals surface area contributed by atoms with Gasteiger partial charge < -0.3 is 10.6 Å². The summed E-state index contributed by atoms with van der Waals surface area (Å²) in [6.07, 6.45) is 3.61. The lowest BCUT2D eigenvalue weighted by atomic mass is 10.1. The van der Waals surface area contributed by atoms with Crippen LogP contribution in [0.25, 0.3) is 0 Å². The van der Waals surface area contributed by atoms with Crippen LogP contribution in [0.4, 0.5) is 5.69 Å². The molecule has 0 aromatic heterocycles. The highest BCUT2D eigenvalue weighted by Crippen LogP contribution is 2.36. The second-order valence-corrected chi connectivity index (χ2v) is 7.10. The largest absolute Gasteiger partial charge is 0.367 e. The summed E-state index contributed by atoms with van der Waals surface area (Å²) in [4.78, 5) is 2.56. The van der Waals surface area contributed by atoms with Crippen LogP contribution >= 0.6 is 15.9 Å². The fourth-order valence-electron chi connectivity index (χ4n) is 2.51. The minimum Gasteiger partial charge on any atom is -0.367 e. The number of nitrogens with zero attached hydrogens (tertiary/aromatic N) is 1. The Morgan fingerprint density at radius 2 is 2.00 bits per heavy atom. The fraction of sp³-hybridized carbons (Fsp3) is 0.625. The van der Waals surface area contributed by atoms with E-state index in [1.54, 1.807) is 0 Å². The van der Waals surface area contributed by atoms with Crippen molar-refractivity contribution >= 4 is 21.6 Å². The van der Waals surface area contributed by atoms with E-state index in [2.05, 4.69) is 59.8 Å². The third-order valence-corrected chi connectivity index (χ3v) is 4.06. The van der Waals surface area contributed by atoms with Gasteiger partial charge in [0.2, 0.25) is 0 Å². The minimum absolute atomic E-state index is 0.216. The van der Waals surface area contributed by atoms with E-state index >= 15 is 0 Å². The van der Waals surface area contributed by atoms with Gasteiger partial charge in [0.25, 0.3) is 0 Å². The van der Waals surface area contributed by atoms with Gasteiger partial charge in [0.1, 0.15) is 0 Å². The molecule has 0 bridgehead atoms. The zero-order chi connectivity index (χ0) is 14.0. The van der Waals surface area contributed by atoms with Crippen molar-refractivity contribution in [1.29, 1.82) is 0 Å². The van der Waals surface area contributed by atoms with Gasteiger partial charge in [0.05, 0.1) is 5.69 Å². The first-order chi connectivity index (χ1) is 8.97. The van der Waals surface area contributed by atoms with Crippen molar-refractivity contribution in [3.05, 3.63) is 28.2 Å². The van der Waals surface area contributed by atoms with Crippen molar-refractivity contribution in [2.45, 2.75) is 52.1 Å². The first-order valence-electron chi connectivity index (χ1n) is 7.28. The van der Waals surface area contributed by atoms with Gasteiger partial charge in [0.15, 0.2) is 0 Å². The van der Waals surface area contributed by atoms with Gasteiger partial charge in [0, 0.05) is 23.1 Å². The summed E-state index contributed by atoms with van der Waals surface area (Å²) in [6, 6.07) is 7.67. The molecule has 0 saturated heterocycles. The summed E-state index contributed by atoms with van der Waals surface area (Å²) in [5.74, 6) is 0.691. The van der Waals surface area contributed by atoms with Crippen LogP contribution in [0.5, 0.6) is 0 Å². The highest BCUT2D eigenvalue weighted by molar-refractivity contribution is 9.10. The molecular formula is C16H25BrN2. The molecule has 1 atom stereocenters. The molecule has 0 aliphatic heterocycles. The van der Waals surface area contributed by atoms with E-state index in [1.165, 1.54) is 28.6 Å². The van der Waals surface area contributed by atoms with Gasteiger partial charge in [-0.2, -0.15) is 0 Å². The van der Waals surface area contributed by atoms with Crippen LogP contribution in [0, 0.1) is 5.92 Å². The molecular weight excluding hydrogens is 300 g/mol. The minimum atomic E-state index is 0.216. The standard InChI is InChI=1S/C16H25BrN2/c1-11(2)10-19(14-5-6-14)16-7-4-13(8-12(3)18)9-15(16)17/h4,7,9,11-12,14H,5-6,8,10,18H2,1-3H3. The van der Waals surface area contributed by atoms with E-state index in [9.17, 15) is 0 Å². The average molecular weight is 325 g/mol. The topological polar surface area (TPSA) is 29.3 Å². The van der Waals surface area contributed by atoms with Gasteiger partial charge in [-0.3, -0.25) is 0 Å². The van der Waals surface area contributed by atoms with Crippen LogP contribution < -0.4 is 10.6 Å². The molecule has 19 heavy (non-hydrogen) atoms. The molecule has 106 valence electrons. The highest BCUT2D eigenvalue weighted by atomic mass is 79.9. The smallest absolute Gasteiger partial charge is 0.0513 e. The maximum atomic E-state index is 5.87. The molecule has 1 unspecified atom stereocenters. The van der Waals surface area contributed by atoms with Crippen LogP contribution in [0.2, 0.25) is 0 Å². The van der Waals surface area contributed by atoms with Crippen molar-refractivity contribution < 1.29 is 0 Å². The second-order valence-electron chi connectivity index (χ2n) is 6.24. The highest BCUT2D eigenvalue weighted by Gasteiger charge is 2.30. The van der Waals surface area contributed by atoms with Crippen molar-refractivity contribution in [3.63, 3.8) is 0 Å². The number of anilines is 1. The van der Waals surface area contributed by atoms with Gasteiger partial charge in [-0.1, -0.05) is 19.9 Å². The SMILES string of the molecule is CC(C)CN(c1ccc(CC(C)N)cc1Br)C1CC1. The van der Waals surface area contributed by atoms with E-state index in [0.29, 0.717) is 5.92 Å². The molecule has 1 aliphatic carbocycles. The summed E-state index contributed by atoms with van der Waals surface area (Å²) in [7, 11) is 0. The summed E-state index contributed by atoms with van der Waals surface area (Å²) in [5, 5.41) is 0. The maximum absolute atomic E-state index is 5.87. The molecule has 1 fully saturated rings. The molecule has 1 aliphatic rings. The Morgan fingerprint density at radius 3 is 2.47 bits per heavy atom. The third kappa shape index (κ3) is 4.22. The van der Waals surface area contributed by atoms with Gasteiger partial charge in [-0.25, -0.2) is 0 Å². The Labute approximate surface area is 125 Å². The summed E-state index contributed by atoms with van der Waals surface area (Å²) in [5.41, 5.74) is 8.52. The molecule has 2 N–H and O–H groups in total. The van der Waals surface area contributed by atoms with Gasteiger partial charge >= 0.3 is 0 Å². The molecule has 0 spiro atoms. The molecule has 3 heteroatoms. The van der Waals surface area contributed by atoms with Crippen LogP contribution in [-0.2, 0) is 6.42 Å². The monoisotopic (exact) mass is 324 g/mol. The number of benzene rings is 1. The van der Waals surface area contributed by atoms with E-state index in [-0.39, 0.29) is 6.04 Å². The third-order valence-electron chi connectivity index (χ3n) is 3.43. The second kappa shape index (κ2) is 6.27. The van der Waals surface area contributed by atoms with E-state index in [4.69, 9.17) is 5.73 Å². The van der Waals surface area contributed by atoms with Crippen molar-refractivity contribution in [2.75, 3.05) is 11.4 Å². The zero-order valence-electron chi connectivity index (χ0n) is 12.2. The van der Waals surface area contributed by atoms with Gasteiger partial charge in [-0.05, 0) is 65.7 Å². The van der Waals surface area contributed by atoms with Crippen LogP contribution in [0.3, 0.4) is 0 Å². The fourth-order valence-corrected chi connectivity index (χ4v) is 3.16. The summed E-state index contributed by atoms with van der Waals surface area (Å²) in [6.45, 7) is 7.76. The molecule has 1 aromatic carbocycles. The lowest BCUT2D eigenvalue weighted by molar-refractivity contribution is 0.606. The quantitative estimate of drug-likeness (QED) is 0.858. The van der Waals surface area contributed by atoms with Crippen LogP contribution in [-0.4, -0.2) is 18.6 Å². The molecule has 1 aromatic rings. The normalized spacial score (nSPS) is 16.7. The van der Waals surface area contributed by atoms with E-state index in [1.807, 2.05) is 0 Å². The average Bonchev–Trinajstić information content (AvgIpc) is 3.09. The van der Waals surface area contributed by atoms with Crippen LogP contribution in [0.15, 0.2) is 22.7 Å². The first kappa shape index (κ1) is 14.9. The summed E-state index contributed by atoms with van der Waals surface area (Å²) >= 11 is 3.74. The zero-order valence-corrected chi connectivity index (χ0v) is 13.8. The maximum Gasteiger partial charge on any atom is 0.0513 e. The molecule has 2 rings (SSSR count). The number of nitrogens with two attached hydrogens (primary N) is 1. The predicted octanol–water partition coefficient (Wildman–Crippen LogP) is 3.96. The van der Waals surface area contributed by atoms with E-state index in [0.717, 1.165) is 19.0 Å². The molecule has 1 saturated carbocycles. The lowest BCUT2D eigenvalue weighted by Gasteiger charge is -2.28. The predicted molar refractivity (Wildman–Crippen MR) is 86.7 cm³/mol. The number of rotatable bonds is 6. The molecule has 0 amide bonds.